The van der Waals surface area contributed by atoms with Gasteiger partial charge in [-0.15, -0.1) is 0 Å². The first kappa shape index (κ1) is 31.4. The van der Waals surface area contributed by atoms with E-state index >= 15 is 0 Å². The molecule has 1 aliphatic carbocycles. The van der Waals surface area contributed by atoms with E-state index in [2.05, 4.69) is 217 Å². The highest BCUT2D eigenvalue weighted by atomic mass is 16.5. The lowest BCUT2D eigenvalue weighted by Crippen LogP contribution is -2.32. The van der Waals surface area contributed by atoms with Gasteiger partial charge in [-0.2, -0.15) is 0 Å². The Morgan fingerprint density at radius 3 is 1.78 bits per heavy atom. The number of anilines is 3. The molecule has 2 nitrogen and oxygen atoms in total. The molecule has 1 heterocycles. The summed E-state index contributed by atoms with van der Waals surface area (Å²) in [6.45, 7) is 0. The summed E-state index contributed by atoms with van der Waals surface area (Å²) in [7, 11) is 0. The molecule has 1 spiro atoms. The normalized spacial score (nSPS) is 14.8. The quantitative estimate of drug-likeness (QED) is 0.177. The third-order valence-corrected chi connectivity index (χ3v) is 11.5. The minimum atomic E-state index is -0.613. The van der Waals surface area contributed by atoms with Gasteiger partial charge < -0.3 is 9.64 Å². The van der Waals surface area contributed by atoms with E-state index in [1.165, 1.54) is 44.2 Å². The third-order valence-electron chi connectivity index (χ3n) is 11.5. The van der Waals surface area contributed by atoms with E-state index in [1.54, 1.807) is 0 Å². The Labute approximate surface area is 321 Å². The van der Waals surface area contributed by atoms with Gasteiger partial charge in [0.05, 0.1) is 11.1 Å². The van der Waals surface area contributed by atoms with Gasteiger partial charge in [-0.25, -0.2) is 0 Å². The lowest BCUT2D eigenvalue weighted by molar-refractivity contribution is 0.438. The van der Waals surface area contributed by atoms with Crippen LogP contribution in [0.25, 0.3) is 44.2 Å². The average molecular weight is 702 g/mol. The predicted octanol–water partition coefficient (Wildman–Crippen LogP) is 14.1. The van der Waals surface area contributed by atoms with Crippen LogP contribution in [0.3, 0.4) is 0 Å². The van der Waals surface area contributed by atoms with Crippen LogP contribution in [-0.2, 0) is 5.41 Å². The maximum Gasteiger partial charge on any atom is 0.140 e. The van der Waals surface area contributed by atoms with Gasteiger partial charge in [0.1, 0.15) is 11.5 Å². The van der Waals surface area contributed by atoms with Gasteiger partial charge in [0.2, 0.25) is 0 Å². The van der Waals surface area contributed by atoms with Gasteiger partial charge >= 0.3 is 0 Å². The molecule has 0 fully saturated rings. The highest BCUT2D eigenvalue weighted by molar-refractivity contribution is 6.00. The number of nitrogens with zero attached hydrogens (tertiary/aromatic N) is 1. The molecule has 2 aliphatic rings. The Morgan fingerprint density at radius 1 is 0.364 bits per heavy atom. The van der Waals surface area contributed by atoms with Crippen molar-refractivity contribution in [1.29, 1.82) is 0 Å². The van der Waals surface area contributed by atoms with Crippen molar-refractivity contribution in [3.8, 4) is 44.9 Å². The first-order chi connectivity index (χ1) is 27.3. The number of hydrogen-bond donors (Lipinski definition) is 0. The molecule has 1 unspecified atom stereocenters. The van der Waals surface area contributed by atoms with Crippen molar-refractivity contribution in [1.82, 2.24) is 0 Å². The summed E-state index contributed by atoms with van der Waals surface area (Å²) >= 11 is 0. The Hall–Kier alpha value is -7.16. The van der Waals surface area contributed by atoms with Gasteiger partial charge in [-0.3, -0.25) is 0 Å². The molecule has 11 rings (SSSR count). The van der Waals surface area contributed by atoms with E-state index in [1.807, 2.05) is 0 Å². The van der Waals surface area contributed by atoms with E-state index in [-0.39, 0.29) is 0 Å². The molecule has 0 bridgehead atoms. The minimum absolute atomic E-state index is 0.613. The number of benzene rings is 9. The van der Waals surface area contributed by atoms with Crippen LogP contribution in [0, 0.1) is 0 Å². The summed E-state index contributed by atoms with van der Waals surface area (Å²) in [5, 5.41) is 2.40. The molecule has 9 aromatic carbocycles. The van der Waals surface area contributed by atoms with Gasteiger partial charge in [0.15, 0.2) is 0 Å². The highest BCUT2D eigenvalue weighted by Gasteiger charge is 2.51. The molecule has 1 aliphatic heterocycles. The summed E-state index contributed by atoms with van der Waals surface area (Å²) in [5.41, 5.74) is 14.6. The van der Waals surface area contributed by atoms with Crippen molar-refractivity contribution in [2.45, 2.75) is 5.41 Å². The lowest BCUT2D eigenvalue weighted by Gasteiger charge is -2.40. The van der Waals surface area contributed by atoms with E-state index in [0.29, 0.717) is 0 Å². The fourth-order valence-electron chi connectivity index (χ4n) is 9.16. The lowest BCUT2D eigenvalue weighted by atomic mass is 9.65. The number of para-hydroxylation sites is 2. The van der Waals surface area contributed by atoms with E-state index < -0.39 is 5.41 Å². The van der Waals surface area contributed by atoms with Crippen LogP contribution < -0.4 is 9.64 Å². The van der Waals surface area contributed by atoms with Crippen LogP contribution in [0.15, 0.2) is 212 Å². The topological polar surface area (TPSA) is 12.5 Å². The fourth-order valence-corrected chi connectivity index (χ4v) is 9.16. The molecule has 0 aromatic heterocycles. The number of hydrogen-bond acceptors (Lipinski definition) is 2. The monoisotopic (exact) mass is 701 g/mol. The Kier molecular flexibility index (Phi) is 7.11. The molecule has 0 amide bonds. The third kappa shape index (κ3) is 4.75. The smallest absolute Gasteiger partial charge is 0.140 e. The average Bonchev–Trinajstić information content (AvgIpc) is 3.54. The summed E-state index contributed by atoms with van der Waals surface area (Å²) in [6.07, 6.45) is 0. The second kappa shape index (κ2) is 12.5. The summed E-state index contributed by atoms with van der Waals surface area (Å²) in [6, 6.07) is 76.8. The van der Waals surface area contributed by atoms with Crippen molar-refractivity contribution in [2.24, 2.45) is 0 Å². The number of rotatable bonds is 5. The molecule has 0 saturated heterocycles. The fraction of sp³-hybridized carbons (Fsp3) is 0.0189. The van der Waals surface area contributed by atoms with Gasteiger partial charge in [0, 0.05) is 33.5 Å². The maximum atomic E-state index is 6.98. The highest BCUT2D eigenvalue weighted by Crippen LogP contribution is 2.63. The van der Waals surface area contributed by atoms with Gasteiger partial charge in [-0.05, 0) is 80.7 Å². The van der Waals surface area contributed by atoms with Crippen molar-refractivity contribution >= 4 is 27.8 Å². The molecule has 9 aromatic rings. The zero-order valence-corrected chi connectivity index (χ0v) is 30.1. The van der Waals surface area contributed by atoms with E-state index in [0.717, 1.165) is 50.8 Å². The Balaban J connectivity index is 1.19. The molecule has 1 atom stereocenters. The second-order valence-electron chi connectivity index (χ2n) is 14.4. The molecule has 0 N–H and O–H groups in total. The van der Waals surface area contributed by atoms with Crippen molar-refractivity contribution in [3.05, 3.63) is 235 Å². The van der Waals surface area contributed by atoms with Crippen LogP contribution in [0.1, 0.15) is 22.3 Å². The number of ether oxygens (including phenoxy) is 1. The van der Waals surface area contributed by atoms with E-state index in [4.69, 9.17) is 4.74 Å². The van der Waals surface area contributed by atoms with Crippen molar-refractivity contribution in [2.75, 3.05) is 4.90 Å². The molecule has 2 heteroatoms. The van der Waals surface area contributed by atoms with Crippen molar-refractivity contribution < 1.29 is 4.74 Å². The van der Waals surface area contributed by atoms with Crippen LogP contribution in [-0.4, -0.2) is 0 Å². The molecule has 0 radical (unpaired) electrons. The first-order valence-corrected chi connectivity index (χ1v) is 18.9. The zero-order valence-electron chi connectivity index (χ0n) is 30.1. The molecule has 55 heavy (non-hydrogen) atoms. The summed E-state index contributed by atoms with van der Waals surface area (Å²) < 4.78 is 6.98. The Bertz CT molecular complexity index is 2890. The molecule has 258 valence electrons. The SMILES string of the molecule is c1ccc(-c2ccc(N(c3ccc4c(c3)C3(c5ccccc5Oc5c(-c6ccccc6)cccc53)c3ccccc3-4)c3cccc4ccccc34)cc2)cc1. The maximum absolute atomic E-state index is 6.98. The molecular weight excluding hydrogens is 667 g/mol. The standard InChI is InChI=1S/C53H35NO/c1-3-15-36(16-4-1)37-29-31-40(32-30-37)54(50-27-13-20-38-19-7-8-21-42(38)50)41-33-34-45-44-22-9-10-24-46(44)53(49(45)35-41)47-25-11-12-28-51(47)55-52-43(23-14-26-48(52)53)39-17-5-2-6-18-39/h1-35H. The minimum Gasteiger partial charge on any atom is -0.456 e. The zero-order chi connectivity index (χ0) is 36.3. The van der Waals surface area contributed by atoms with Crippen LogP contribution in [0.2, 0.25) is 0 Å². The van der Waals surface area contributed by atoms with Crippen LogP contribution in [0.4, 0.5) is 17.1 Å². The van der Waals surface area contributed by atoms with Crippen LogP contribution in [0.5, 0.6) is 11.5 Å². The predicted molar refractivity (Wildman–Crippen MR) is 227 cm³/mol. The Morgan fingerprint density at radius 2 is 0.945 bits per heavy atom. The molecule has 0 saturated carbocycles. The summed E-state index contributed by atoms with van der Waals surface area (Å²) in [5.74, 6) is 1.79. The van der Waals surface area contributed by atoms with Crippen LogP contribution >= 0.6 is 0 Å². The molecular formula is C53H35NO. The van der Waals surface area contributed by atoms with Gasteiger partial charge in [-0.1, -0.05) is 176 Å². The number of fused-ring (bicyclic) bond motifs is 10. The largest absolute Gasteiger partial charge is 0.456 e. The second-order valence-corrected chi connectivity index (χ2v) is 14.4. The van der Waals surface area contributed by atoms with E-state index in [9.17, 15) is 0 Å². The van der Waals surface area contributed by atoms with Gasteiger partial charge in [0.25, 0.3) is 0 Å². The first-order valence-electron chi connectivity index (χ1n) is 18.9. The summed E-state index contributed by atoms with van der Waals surface area (Å²) in [4.78, 5) is 2.43. The van der Waals surface area contributed by atoms with Crippen molar-refractivity contribution in [3.63, 3.8) is 0 Å².